The molecule has 3 amide bonds. The summed E-state index contributed by atoms with van der Waals surface area (Å²) < 4.78 is 5.37. The number of hydrogen-bond donors (Lipinski definition) is 4. The fourth-order valence-corrected chi connectivity index (χ4v) is 4.44. The van der Waals surface area contributed by atoms with E-state index >= 15 is 0 Å². The lowest BCUT2D eigenvalue weighted by Crippen LogP contribution is -2.49. The molecule has 0 atom stereocenters. The molecular weight excluding hydrogens is 438 g/mol. The summed E-state index contributed by atoms with van der Waals surface area (Å²) in [6.45, 7) is -0.478. The van der Waals surface area contributed by atoms with Crippen molar-refractivity contribution in [1.29, 1.82) is 0 Å². The van der Waals surface area contributed by atoms with Gasteiger partial charge in [-0.3, -0.25) is 14.4 Å². The fourth-order valence-electron chi connectivity index (χ4n) is 4.44. The van der Waals surface area contributed by atoms with E-state index in [1.165, 1.54) is 0 Å². The van der Waals surface area contributed by atoms with Crippen LogP contribution in [-0.2, 0) is 19.1 Å². The van der Waals surface area contributed by atoms with Crippen LogP contribution in [-0.4, -0.2) is 55.2 Å². The highest BCUT2D eigenvalue weighted by Crippen LogP contribution is 2.44. The van der Waals surface area contributed by atoms with E-state index in [9.17, 15) is 24.3 Å². The average molecular weight is 466 g/mol. The van der Waals surface area contributed by atoms with Gasteiger partial charge in [0.2, 0.25) is 11.8 Å². The Kier molecular flexibility index (Phi) is 6.81. The van der Waals surface area contributed by atoms with Gasteiger partial charge in [-0.25, -0.2) is 4.79 Å². The number of carbonyl (C=O) groups is 4. The Labute approximate surface area is 196 Å². The topological polar surface area (TPSA) is 134 Å². The third-order valence-electron chi connectivity index (χ3n) is 6.57. The molecule has 9 heteroatoms. The van der Waals surface area contributed by atoms with Gasteiger partial charge in [0, 0.05) is 12.5 Å². The Morgan fingerprint density at radius 2 is 1.41 bits per heavy atom. The van der Waals surface area contributed by atoms with Gasteiger partial charge < -0.3 is 25.8 Å². The molecule has 2 aromatic rings. The number of fused-ring (bicyclic) bond motifs is 3. The molecule has 0 aromatic heterocycles. The Balaban J connectivity index is 1.18. The average Bonchev–Trinajstić information content (AvgIpc) is 3.13. The van der Waals surface area contributed by atoms with Crippen LogP contribution in [0.3, 0.4) is 0 Å². The van der Waals surface area contributed by atoms with E-state index in [0.29, 0.717) is 12.8 Å². The maximum Gasteiger partial charge on any atom is 0.407 e. The predicted molar refractivity (Wildman–Crippen MR) is 123 cm³/mol. The molecule has 0 spiro atoms. The molecule has 9 nitrogen and oxygen atoms in total. The Bertz CT molecular complexity index is 1070. The van der Waals surface area contributed by atoms with E-state index < -0.39 is 29.3 Å². The molecule has 0 saturated heterocycles. The quantitative estimate of drug-likeness (QED) is 0.448. The molecular formula is C25H27N3O6. The number of carboxylic acid groups (broad SMARTS) is 1. The predicted octanol–water partition coefficient (Wildman–Crippen LogP) is 2.01. The zero-order chi connectivity index (χ0) is 24.1. The molecule has 34 heavy (non-hydrogen) atoms. The maximum atomic E-state index is 12.1. The molecule has 0 bridgehead atoms. The van der Waals surface area contributed by atoms with Crippen LogP contribution in [0.1, 0.15) is 36.3 Å². The zero-order valence-corrected chi connectivity index (χ0v) is 18.6. The van der Waals surface area contributed by atoms with E-state index in [2.05, 4.69) is 16.0 Å². The minimum atomic E-state index is -0.921. The normalized spacial score (nSPS) is 15.3. The van der Waals surface area contributed by atoms with Crippen LogP contribution in [0.5, 0.6) is 0 Å². The van der Waals surface area contributed by atoms with Crippen LogP contribution in [0.15, 0.2) is 48.5 Å². The van der Waals surface area contributed by atoms with Crippen LogP contribution in [0.2, 0.25) is 0 Å². The summed E-state index contributed by atoms with van der Waals surface area (Å²) in [6, 6.07) is 16.0. The summed E-state index contributed by atoms with van der Waals surface area (Å²) in [5.41, 5.74) is 3.53. The van der Waals surface area contributed by atoms with E-state index in [1.807, 2.05) is 48.5 Å². The number of rotatable bonds is 9. The number of hydrogen-bond acceptors (Lipinski definition) is 5. The van der Waals surface area contributed by atoms with E-state index in [-0.39, 0.29) is 32.2 Å². The van der Waals surface area contributed by atoms with Gasteiger partial charge in [0.1, 0.15) is 13.2 Å². The van der Waals surface area contributed by atoms with Gasteiger partial charge in [-0.05, 0) is 35.1 Å². The smallest absolute Gasteiger partial charge is 0.407 e. The molecule has 178 valence electrons. The third-order valence-corrected chi connectivity index (χ3v) is 6.57. The highest BCUT2D eigenvalue weighted by Gasteiger charge is 2.44. The molecule has 4 rings (SSSR count). The number of ether oxygens (including phenoxy) is 1. The van der Waals surface area contributed by atoms with Crippen LogP contribution in [0, 0.1) is 5.41 Å². The summed E-state index contributed by atoms with van der Waals surface area (Å²) in [4.78, 5) is 47.3. The SMILES string of the molecule is O=C(CNC(=O)CNC(=O)OCC1c2ccccc2-c2ccccc21)NCC1(C(=O)O)CCC1. The molecule has 2 aliphatic carbocycles. The molecule has 0 unspecified atom stereocenters. The van der Waals surface area contributed by atoms with Crippen molar-refractivity contribution in [3.8, 4) is 11.1 Å². The van der Waals surface area contributed by atoms with Crippen molar-refractivity contribution in [2.24, 2.45) is 5.41 Å². The second kappa shape index (κ2) is 9.94. The minimum Gasteiger partial charge on any atom is -0.481 e. The monoisotopic (exact) mass is 465 g/mol. The molecule has 0 heterocycles. The van der Waals surface area contributed by atoms with Gasteiger partial charge in [-0.2, -0.15) is 0 Å². The standard InChI is InChI=1S/C25H27N3O6/c29-21(26-12-22(30)28-15-25(23(31)32)10-5-11-25)13-27-24(33)34-14-20-18-8-3-1-6-16(18)17-7-2-4-9-19(17)20/h1-4,6-9,20H,5,10-15H2,(H,26,29)(H,27,33)(H,28,30)(H,31,32). The van der Waals surface area contributed by atoms with E-state index in [0.717, 1.165) is 28.7 Å². The number of alkyl carbamates (subject to hydrolysis) is 1. The molecule has 1 fully saturated rings. The first-order valence-corrected chi connectivity index (χ1v) is 11.3. The second-order valence-corrected chi connectivity index (χ2v) is 8.67. The number of carbonyl (C=O) groups excluding carboxylic acids is 3. The lowest BCUT2D eigenvalue weighted by molar-refractivity contribution is -0.154. The summed E-state index contributed by atoms with van der Waals surface area (Å²) in [6.07, 6.45) is 1.15. The number of nitrogens with one attached hydrogen (secondary N) is 3. The fraction of sp³-hybridized carbons (Fsp3) is 0.360. The minimum absolute atomic E-state index is 0.0367. The number of carboxylic acids is 1. The van der Waals surface area contributed by atoms with Crippen molar-refractivity contribution < 1.29 is 29.0 Å². The summed E-state index contributed by atoms with van der Waals surface area (Å²) >= 11 is 0. The van der Waals surface area contributed by atoms with Gasteiger partial charge in [-0.15, -0.1) is 0 Å². The Hall–Kier alpha value is -3.88. The molecule has 4 N–H and O–H groups in total. The molecule has 0 aliphatic heterocycles. The first-order valence-electron chi connectivity index (χ1n) is 11.3. The molecule has 2 aromatic carbocycles. The molecule has 0 radical (unpaired) electrons. The summed E-state index contributed by atoms with van der Waals surface area (Å²) in [5, 5.41) is 16.6. The largest absolute Gasteiger partial charge is 0.481 e. The van der Waals surface area contributed by atoms with Crippen LogP contribution >= 0.6 is 0 Å². The Morgan fingerprint density at radius 1 is 0.853 bits per heavy atom. The van der Waals surface area contributed by atoms with E-state index in [4.69, 9.17) is 4.74 Å². The summed E-state index contributed by atoms with van der Waals surface area (Å²) in [5.74, 6) is -2.04. The molecule has 1 saturated carbocycles. The van der Waals surface area contributed by atoms with Crippen molar-refractivity contribution in [3.05, 3.63) is 59.7 Å². The maximum absolute atomic E-state index is 12.1. The van der Waals surface area contributed by atoms with Crippen molar-refractivity contribution in [2.75, 3.05) is 26.2 Å². The van der Waals surface area contributed by atoms with Crippen molar-refractivity contribution in [1.82, 2.24) is 16.0 Å². The lowest BCUT2D eigenvalue weighted by Gasteiger charge is -2.37. The van der Waals surface area contributed by atoms with Crippen LogP contribution < -0.4 is 16.0 Å². The highest BCUT2D eigenvalue weighted by molar-refractivity contribution is 5.87. The third kappa shape index (κ3) is 4.88. The number of aliphatic carboxylic acids is 1. The first kappa shape index (κ1) is 23.3. The van der Waals surface area contributed by atoms with Crippen LogP contribution in [0.4, 0.5) is 4.79 Å². The van der Waals surface area contributed by atoms with Gasteiger partial charge in [-0.1, -0.05) is 55.0 Å². The van der Waals surface area contributed by atoms with Crippen molar-refractivity contribution in [2.45, 2.75) is 25.2 Å². The van der Waals surface area contributed by atoms with Gasteiger partial charge in [0.05, 0.1) is 12.0 Å². The Morgan fingerprint density at radius 3 is 1.97 bits per heavy atom. The number of amides is 3. The second-order valence-electron chi connectivity index (χ2n) is 8.67. The zero-order valence-electron chi connectivity index (χ0n) is 18.6. The van der Waals surface area contributed by atoms with Gasteiger partial charge in [0.25, 0.3) is 0 Å². The van der Waals surface area contributed by atoms with Gasteiger partial charge in [0.15, 0.2) is 0 Å². The van der Waals surface area contributed by atoms with E-state index in [1.54, 1.807) is 0 Å². The van der Waals surface area contributed by atoms with Crippen molar-refractivity contribution in [3.63, 3.8) is 0 Å². The van der Waals surface area contributed by atoms with Crippen LogP contribution in [0.25, 0.3) is 11.1 Å². The number of benzene rings is 2. The van der Waals surface area contributed by atoms with Gasteiger partial charge >= 0.3 is 12.1 Å². The lowest BCUT2D eigenvalue weighted by atomic mass is 9.69. The summed E-state index contributed by atoms with van der Waals surface area (Å²) in [7, 11) is 0. The van der Waals surface area contributed by atoms with Crippen molar-refractivity contribution >= 4 is 23.9 Å². The highest BCUT2D eigenvalue weighted by atomic mass is 16.5. The molecule has 2 aliphatic rings. The first-order chi connectivity index (χ1) is 16.4.